The van der Waals surface area contributed by atoms with Crippen molar-refractivity contribution in [3.8, 4) is 0 Å². The second-order valence-corrected chi connectivity index (χ2v) is 7.00. The van der Waals surface area contributed by atoms with Crippen LogP contribution in [-0.4, -0.2) is 23.1 Å². The summed E-state index contributed by atoms with van der Waals surface area (Å²) < 4.78 is 0. The number of hydrogen-bond acceptors (Lipinski definition) is 2. The van der Waals surface area contributed by atoms with Crippen LogP contribution in [0.2, 0.25) is 0 Å². The van der Waals surface area contributed by atoms with Gasteiger partial charge in [0, 0.05) is 17.3 Å². The van der Waals surface area contributed by atoms with Gasteiger partial charge in [-0.3, -0.25) is 0 Å². The first-order valence-corrected chi connectivity index (χ1v) is 8.47. The molecule has 2 aliphatic carbocycles. The molecule has 0 bridgehead atoms. The molecule has 2 heteroatoms. The summed E-state index contributed by atoms with van der Waals surface area (Å²) in [6.07, 6.45) is 15.9. The van der Waals surface area contributed by atoms with E-state index in [9.17, 15) is 0 Å². The average molecular weight is 253 g/mol. The van der Waals surface area contributed by atoms with Gasteiger partial charge in [-0.25, -0.2) is 0 Å². The smallest absolute Gasteiger partial charge is 0.0252 e. The van der Waals surface area contributed by atoms with E-state index in [-0.39, 0.29) is 0 Å². The Labute approximate surface area is 111 Å². The summed E-state index contributed by atoms with van der Waals surface area (Å²) in [4.78, 5) is 0. The van der Waals surface area contributed by atoms with Crippen LogP contribution in [0.4, 0.5) is 0 Å². The van der Waals surface area contributed by atoms with Gasteiger partial charge in [0.15, 0.2) is 0 Å². The Morgan fingerprint density at radius 2 is 2.12 bits per heavy atom. The van der Waals surface area contributed by atoms with E-state index in [0.29, 0.717) is 6.04 Å². The fourth-order valence-corrected chi connectivity index (χ4v) is 4.22. The van der Waals surface area contributed by atoms with Crippen molar-refractivity contribution in [1.82, 2.24) is 5.32 Å². The Morgan fingerprint density at radius 1 is 1.18 bits per heavy atom. The molecule has 1 nitrogen and oxygen atoms in total. The van der Waals surface area contributed by atoms with E-state index in [4.69, 9.17) is 0 Å². The predicted molar refractivity (Wildman–Crippen MR) is 78.7 cm³/mol. The molecule has 98 valence electrons. The lowest BCUT2D eigenvalue weighted by molar-refractivity contribution is 0.439. The maximum absolute atomic E-state index is 3.87. The van der Waals surface area contributed by atoms with Gasteiger partial charge in [0.25, 0.3) is 0 Å². The molecule has 0 aromatic heterocycles. The van der Waals surface area contributed by atoms with E-state index in [0.717, 1.165) is 11.3 Å². The van der Waals surface area contributed by atoms with E-state index >= 15 is 0 Å². The quantitative estimate of drug-likeness (QED) is 0.756. The molecule has 1 fully saturated rings. The lowest BCUT2D eigenvalue weighted by atomic mass is 10.0. The van der Waals surface area contributed by atoms with Gasteiger partial charge in [-0.05, 0) is 44.3 Å². The number of allylic oxidation sites excluding steroid dienone is 1. The summed E-state index contributed by atoms with van der Waals surface area (Å²) in [6, 6.07) is 1.44. The Bertz CT molecular complexity index is 239. The Kier molecular flexibility index (Phi) is 5.93. The van der Waals surface area contributed by atoms with Crippen molar-refractivity contribution in [3.05, 3.63) is 12.2 Å². The maximum atomic E-state index is 3.87. The zero-order valence-electron chi connectivity index (χ0n) is 11.2. The third-order valence-corrected chi connectivity index (χ3v) is 5.22. The lowest BCUT2D eigenvalue weighted by Gasteiger charge is -2.21. The molecule has 3 atom stereocenters. The summed E-state index contributed by atoms with van der Waals surface area (Å²) in [5, 5.41) is 4.80. The van der Waals surface area contributed by atoms with Crippen molar-refractivity contribution in [3.63, 3.8) is 0 Å². The SMILES string of the molecule is CCSC1CCC(NC2/C=C/CCCCC2)C1. The van der Waals surface area contributed by atoms with E-state index < -0.39 is 0 Å². The Balaban J connectivity index is 1.74. The molecule has 0 heterocycles. The normalized spacial score (nSPS) is 36.4. The number of nitrogens with one attached hydrogen (secondary N) is 1. The summed E-state index contributed by atoms with van der Waals surface area (Å²) in [7, 11) is 0. The second kappa shape index (κ2) is 7.48. The zero-order valence-corrected chi connectivity index (χ0v) is 12.0. The number of thioether (sulfide) groups is 1. The standard InChI is InChI=1S/C15H27NS/c1-2-17-15-11-10-14(12-15)16-13-8-6-4-3-5-7-9-13/h6,8,13-16H,2-5,7,9-12H2,1H3/b8-6+. The molecule has 0 aromatic carbocycles. The Morgan fingerprint density at radius 3 is 3.00 bits per heavy atom. The van der Waals surface area contributed by atoms with Gasteiger partial charge in [0.05, 0.1) is 0 Å². The summed E-state index contributed by atoms with van der Waals surface area (Å²) in [5.41, 5.74) is 0. The molecular weight excluding hydrogens is 226 g/mol. The van der Waals surface area contributed by atoms with Crippen LogP contribution < -0.4 is 5.32 Å². The van der Waals surface area contributed by atoms with Gasteiger partial charge in [0.1, 0.15) is 0 Å². The third-order valence-electron chi connectivity index (χ3n) is 3.99. The molecule has 3 unspecified atom stereocenters. The van der Waals surface area contributed by atoms with Gasteiger partial charge in [-0.2, -0.15) is 11.8 Å². The van der Waals surface area contributed by atoms with E-state index in [1.807, 2.05) is 0 Å². The van der Waals surface area contributed by atoms with Crippen molar-refractivity contribution in [2.45, 2.75) is 75.6 Å². The van der Waals surface area contributed by atoms with Crippen LogP contribution in [0.3, 0.4) is 0 Å². The third kappa shape index (κ3) is 4.67. The van der Waals surface area contributed by atoms with Crippen LogP contribution in [0.1, 0.15) is 58.3 Å². The molecule has 2 aliphatic rings. The molecule has 0 aromatic rings. The highest BCUT2D eigenvalue weighted by Gasteiger charge is 2.25. The molecule has 0 radical (unpaired) electrons. The van der Waals surface area contributed by atoms with E-state index in [1.165, 1.54) is 57.1 Å². The highest BCUT2D eigenvalue weighted by atomic mass is 32.2. The first-order chi connectivity index (χ1) is 8.38. The van der Waals surface area contributed by atoms with E-state index in [2.05, 4.69) is 36.2 Å². The van der Waals surface area contributed by atoms with Gasteiger partial charge >= 0.3 is 0 Å². The van der Waals surface area contributed by atoms with Crippen molar-refractivity contribution in [2.24, 2.45) is 0 Å². The minimum atomic E-state index is 0.658. The first kappa shape index (κ1) is 13.5. The molecule has 1 N–H and O–H groups in total. The monoisotopic (exact) mass is 253 g/mol. The summed E-state index contributed by atoms with van der Waals surface area (Å²) in [6.45, 7) is 2.28. The zero-order chi connectivity index (χ0) is 11.9. The topological polar surface area (TPSA) is 12.0 Å². The molecule has 1 saturated carbocycles. The van der Waals surface area contributed by atoms with Gasteiger partial charge < -0.3 is 5.32 Å². The van der Waals surface area contributed by atoms with Crippen LogP contribution in [0.25, 0.3) is 0 Å². The summed E-state index contributed by atoms with van der Waals surface area (Å²) >= 11 is 2.15. The molecule has 0 aliphatic heterocycles. The first-order valence-electron chi connectivity index (χ1n) is 7.42. The van der Waals surface area contributed by atoms with Crippen molar-refractivity contribution < 1.29 is 0 Å². The van der Waals surface area contributed by atoms with E-state index in [1.54, 1.807) is 0 Å². The fraction of sp³-hybridized carbons (Fsp3) is 0.867. The largest absolute Gasteiger partial charge is 0.308 e. The second-order valence-electron chi connectivity index (χ2n) is 5.43. The van der Waals surface area contributed by atoms with Gasteiger partial charge in [0.2, 0.25) is 0 Å². The van der Waals surface area contributed by atoms with Crippen LogP contribution >= 0.6 is 11.8 Å². The number of rotatable bonds is 4. The van der Waals surface area contributed by atoms with Crippen molar-refractivity contribution in [1.29, 1.82) is 0 Å². The van der Waals surface area contributed by atoms with Crippen LogP contribution in [0.5, 0.6) is 0 Å². The molecule has 0 spiro atoms. The highest BCUT2D eigenvalue weighted by molar-refractivity contribution is 7.99. The fourth-order valence-electron chi connectivity index (χ4n) is 3.08. The van der Waals surface area contributed by atoms with Crippen molar-refractivity contribution in [2.75, 3.05) is 5.75 Å². The molecule has 0 amide bonds. The molecule has 2 rings (SSSR count). The average Bonchev–Trinajstić information content (AvgIpc) is 2.70. The molecule has 0 saturated heterocycles. The van der Waals surface area contributed by atoms with Crippen molar-refractivity contribution >= 4 is 11.8 Å². The Hall–Kier alpha value is 0.0500. The lowest BCUT2D eigenvalue weighted by Crippen LogP contribution is -2.36. The molecular formula is C15H27NS. The van der Waals surface area contributed by atoms with Crippen LogP contribution in [-0.2, 0) is 0 Å². The van der Waals surface area contributed by atoms with Crippen LogP contribution in [0.15, 0.2) is 12.2 Å². The predicted octanol–water partition coefficient (Wildman–Crippen LogP) is 4.14. The van der Waals surface area contributed by atoms with Gasteiger partial charge in [-0.1, -0.05) is 31.9 Å². The van der Waals surface area contributed by atoms with Gasteiger partial charge in [-0.15, -0.1) is 0 Å². The maximum Gasteiger partial charge on any atom is 0.0252 e. The summed E-state index contributed by atoms with van der Waals surface area (Å²) in [5.74, 6) is 1.28. The highest BCUT2D eigenvalue weighted by Crippen LogP contribution is 2.30. The minimum Gasteiger partial charge on any atom is -0.308 e. The minimum absolute atomic E-state index is 0.658. The molecule has 17 heavy (non-hydrogen) atoms. The van der Waals surface area contributed by atoms with Crippen LogP contribution in [0, 0.1) is 0 Å². The number of hydrogen-bond donors (Lipinski definition) is 1.